The molecule has 0 radical (unpaired) electrons. The average molecular weight is 305 g/mol. The Morgan fingerprint density at radius 3 is 2.57 bits per heavy atom. The number of rotatable bonds is 7. The molecule has 1 aromatic heterocycles. The highest BCUT2D eigenvalue weighted by Gasteiger charge is 2.16. The second-order valence-electron chi connectivity index (χ2n) is 5.57. The van der Waals surface area contributed by atoms with Crippen LogP contribution in [0.1, 0.15) is 37.9 Å². The lowest BCUT2D eigenvalue weighted by Gasteiger charge is -2.30. The van der Waals surface area contributed by atoms with Gasteiger partial charge in [0.1, 0.15) is 0 Å². The summed E-state index contributed by atoms with van der Waals surface area (Å²) >= 11 is 6.02. The zero-order valence-corrected chi connectivity index (χ0v) is 14.0. The largest absolute Gasteiger partial charge is 0.295 e. The minimum Gasteiger partial charge on any atom is -0.295 e. The van der Waals surface area contributed by atoms with Crippen LogP contribution in [0.25, 0.3) is 10.9 Å². The van der Waals surface area contributed by atoms with Gasteiger partial charge in [-0.3, -0.25) is 9.88 Å². The number of benzene rings is 1. The van der Waals surface area contributed by atoms with Crippen molar-refractivity contribution in [1.82, 2.24) is 9.88 Å². The molecule has 0 atom stereocenters. The Morgan fingerprint density at radius 1 is 1.19 bits per heavy atom. The number of fused-ring (bicyclic) bond motifs is 1. The minimum atomic E-state index is 0.594. The summed E-state index contributed by atoms with van der Waals surface area (Å²) in [5.74, 6) is 0.679. The lowest BCUT2D eigenvalue weighted by atomic mass is 10.0. The third-order valence-corrected chi connectivity index (χ3v) is 4.30. The number of alkyl halides is 1. The average Bonchev–Trinajstić information content (AvgIpc) is 2.48. The molecule has 2 rings (SSSR count). The van der Waals surface area contributed by atoms with Crippen LogP contribution in [0.2, 0.25) is 0 Å². The Kier molecular flexibility index (Phi) is 6.01. The van der Waals surface area contributed by atoms with E-state index >= 15 is 0 Å². The van der Waals surface area contributed by atoms with Crippen LogP contribution in [0.3, 0.4) is 0 Å². The van der Waals surface area contributed by atoms with Gasteiger partial charge in [-0.15, -0.1) is 11.6 Å². The summed E-state index contributed by atoms with van der Waals surface area (Å²) in [5.41, 5.74) is 3.53. The van der Waals surface area contributed by atoms with Crippen LogP contribution in [-0.2, 0) is 6.54 Å². The maximum absolute atomic E-state index is 6.02. The molecule has 0 amide bonds. The molecule has 2 nitrogen and oxygen atoms in total. The Balaban J connectivity index is 2.35. The Hall–Kier alpha value is -1.12. The fourth-order valence-corrected chi connectivity index (χ4v) is 3.27. The predicted octanol–water partition coefficient (Wildman–Crippen LogP) is 4.77. The standard InChI is InChI=1S/C18H25ClN2/c1-4-16(5-2)21(11-10-19)13-15-12-14(3)20-18-9-7-6-8-17(15)18/h6-9,12,16H,4-5,10-11,13H2,1-3H3. The highest BCUT2D eigenvalue weighted by atomic mass is 35.5. The van der Waals surface area contributed by atoms with Crippen LogP contribution in [0.15, 0.2) is 30.3 Å². The molecule has 0 aliphatic rings. The molecule has 0 saturated carbocycles. The molecule has 0 bridgehead atoms. The molecule has 0 fully saturated rings. The summed E-state index contributed by atoms with van der Waals surface area (Å²) in [6.07, 6.45) is 2.32. The quantitative estimate of drug-likeness (QED) is 0.685. The van der Waals surface area contributed by atoms with Crippen molar-refractivity contribution >= 4 is 22.5 Å². The van der Waals surface area contributed by atoms with E-state index in [9.17, 15) is 0 Å². The lowest BCUT2D eigenvalue weighted by Crippen LogP contribution is -2.35. The highest BCUT2D eigenvalue weighted by molar-refractivity contribution is 6.18. The van der Waals surface area contributed by atoms with Crippen LogP contribution in [0, 0.1) is 6.92 Å². The number of hydrogen-bond donors (Lipinski definition) is 0. The molecule has 1 heterocycles. The SMILES string of the molecule is CCC(CC)N(CCCl)Cc1cc(C)nc2ccccc12. The number of pyridine rings is 1. The van der Waals surface area contributed by atoms with Crippen LogP contribution in [0.5, 0.6) is 0 Å². The van der Waals surface area contributed by atoms with Crippen LogP contribution in [-0.4, -0.2) is 28.4 Å². The van der Waals surface area contributed by atoms with Crippen molar-refractivity contribution in [2.45, 2.75) is 46.2 Å². The minimum absolute atomic E-state index is 0.594. The fourth-order valence-electron chi connectivity index (χ4n) is 3.05. The normalized spacial score (nSPS) is 11.7. The topological polar surface area (TPSA) is 16.1 Å². The highest BCUT2D eigenvalue weighted by Crippen LogP contribution is 2.22. The molecule has 0 spiro atoms. The molecular weight excluding hydrogens is 280 g/mol. The van der Waals surface area contributed by atoms with Crippen molar-refractivity contribution in [1.29, 1.82) is 0 Å². The maximum Gasteiger partial charge on any atom is 0.0708 e. The van der Waals surface area contributed by atoms with Crippen molar-refractivity contribution in [2.75, 3.05) is 12.4 Å². The summed E-state index contributed by atoms with van der Waals surface area (Å²) in [7, 11) is 0. The molecule has 1 aromatic carbocycles. The number of aromatic nitrogens is 1. The van der Waals surface area contributed by atoms with E-state index in [1.165, 1.54) is 10.9 Å². The van der Waals surface area contributed by atoms with Gasteiger partial charge in [0.05, 0.1) is 5.52 Å². The lowest BCUT2D eigenvalue weighted by molar-refractivity contribution is 0.189. The molecule has 21 heavy (non-hydrogen) atoms. The zero-order chi connectivity index (χ0) is 15.2. The number of nitrogens with zero attached hydrogens (tertiary/aromatic N) is 2. The van der Waals surface area contributed by atoms with E-state index in [0.717, 1.165) is 37.1 Å². The van der Waals surface area contributed by atoms with E-state index in [1.807, 2.05) is 0 Å². The van der Waals surface area contributed by atoms with Crippen LogP contribution in [0.4, 0.5) is 0 Å². The van der Waals surface area contributed by atoms with Gasteiger partial charge < -0.3 is 0 Å². The summed E-state index contributed by atoms with van der Waals surface area (Å²) in [6, 6.07) is 11.2. The first-order valence-electron chi connectivity index (χ1n) is 7.84. The molecule has 0 unspecified atom stereocenters. The summed E-state index contributed by atoms with van der Waals surface area (Å²) in [4.78, 5) is 7.14. The zero-order valence-electron chi connectivity index (χ0n) is 13.3. The van der Waals surface area contributed by atoms with E-state index in [4.69, 9.17) is 11.6 Å². The third-order valence-electron chi connectivity index (χ3n) is 4.13. The fraction of sp³-hybridized carbons (Fsp3) is 0.500. The molecule has 0 aliphatic carbocycles. The predicted molar refractivity (Wildman–Crippen MR) is 92.0 cm³/mol. The van der Waals surface area contributed by atoms with Crippen molar-refractivity contribution < 1.29 is 0 Å². The van der Waals surface area contributed by atoms with Crippen molar-refractivity contribution in [2.24, 2.45) is 0 Å². The van der Waals surface area contributed by atoms with Crippen LogP contribution >= 0.6 is 11.6 Å². The van der Waals surface area contributed by atoms with Crippen LogP contribution < -0.4 is 0 Å². The number of aryl methyl sites for hydroxylation is 1. The van der Waals surface area contributed by atoms with Crippen molar-refractivity contribution in [3.8, 4) is 0 Å². The van der Waals surface area contributed by atoms with Gasteiger partial charge in [0.2, 0.25) is 0 Å². The van der Waals surface area contributed by atoms with E-state index in [1.54, 1.807) is 0 Å². The number of hydrogen-bond acceptors (Lipinski definition) is 2. The first-order chi connectivity index (χ1) is 10.2. The van der Waals surface area contributed by atoms with E-state index in [2.05, 4.69) is 61.0 Å². The van der Waals surface area contributed by atoms with Gasteiger partial charge in [-0.05, 0) is 37.5 Å². The van der Waals surface area contributed by atoms with Gasteiger partial charge in [-0.25, -0.2) is 0 Å². The van der Waals surface area contributed by atoms with Gasteiger partial charge in [0.25, 0.3) is 0 Å². The van der Waals surface area contributed by atoms with E-state index < -0.39 is 0 Å². The van der Waals surface area contributed by atoms with Gasteiger partial charge in [-0.2, -0.15) is 0 Å². The Labute approximate surface area is 133 Å². The molecule has 3 heteroatoms. The second-order valence-corrected chi connectivity index (χ2v) is 5.95. The van der Waals surface area contributed by atoms with Crippen molar-refractivity contribution in [3.05, 3.63) is 41.6 Å². The summed E-state index contributed by atoms with van der Waals surface area (Å²) < 4.78 is 0. The Bertz CT molecular complexity index is 578. The molecule has 2 aromatic rings. The molecule has 0 saturated heterocycles. The maximum atomic E-state index is 6.02. The molecular formula is C18H25ClN2. The Morgan fingerprint density at radius 2 is 1.90 bits per heavy atom. The van der Waals surface area contributed by atoms with Gasteiger partial charge in [-0.1, -0.05) is 32.0 Å². The van der Waals surface area contributed by atoms with Gasteiger partial charge >= 0.3 is 0 Å². The first-order valence-corrected chi connectivity index (χ1v) is 8.38. The third kappa shape index (κ3) is 3.96. The van der Waals surface area contributed by atoms with Crippen molar-refractivity contribution in [3.63, 3.8) is 0 Å². The molecule has 0 aliphatic heterocycles. The second kappa shape index (κ2) is 7.77. The number of halogens is 1. The van der Waals surface area contributed by atoms with E-state index in [-0.39, 0.29) is 0 Å². The monoisotopic (exact) mass is 304 g/mol. The first kappa shape index (κ1) is 16.3. The van der Waals surface area contributed by atoms with Gasteiger partial charge in [0, 0.05) is 36.1 Å². The number of para-hydroxylation sites is 1. The summed E-state index contributed by atoms with van der Waals surface area (Å²) in [6.45, 7) is 8.46. The van der Waals surface area contributed by atoms with E-state index in [0.29, 0.717) is 11.9 Å². The molecule has 0 N–H and O–H groups in total. The smallest absolute Gasteiger partial charge is 0.0708 e. The molecule has 114 valence electrons. The van der Waals surface area contributed by atoms with Gasteiger partial charge in [0.15, 0.2) is 0 Å². The summed E-state index contributed by atoms with van der Waals surface area (Å²) in [5, 5.41) is 1.26.